The molecular formula is C17H18FN3O4S2. The monoisotopic (exact) mass is 411 g/mol. The first-order valence-electron chi connectivity index (χ1n) is 7.95. The molecule has 0 radical (unpaired) electrons. The number of halogens is 1. The molecule has 1 heterocycles. The fraction of sp³-hybridized carbons (Fsp3) is 0.235. The zero-order valence-electron chi connectivity index (χ0n) is 14.6. The minimum atomic E-state index is -3.77. The molecular weight excluding hydrogens is 393 g/mol. The lowest BCUT2D eigenvalue weighted by molar-refractivity contribution is 0.365. The minimum Gasteiger partial charge on any atom is -0.283 e. The Labute approximate surface area is 157 Å². The average Bonchev–Trinajstić information content (AvgIpc) is 2.99. The summed E-state index contributed by atoms with van der Waals surface area (Å²) in [7, 11) is -7.31. The Hall–Kier alpha value is -2.46. The summed E-state index contributed by atoms with van der Waals surface area (Å²) in [5.74, 6) is -0.532. The molecule has 0 aromatic heterocycles. The minimum absolute atomic E-state index is 0.108. The van der Waals surface area contributed by atoms with Gasteiger partial charge in [0.15, 0.2) is 0 Å². The van der Waals surface area contributed by atoms with Gasteiger partial charge in [-0.15, -0.1) is 0 Å². The summed E-state index contributed by atoms with van der Waals surface area (Å²) >= 11 is 0. The number of hydrogen-bond donors (Lipinski definition) is 1. The average molecular weight is 411 g/mol. The van der Waals surface area contributed by atoms with Crippen molar-refractivity contribution in [3.63, 3.8) is 0 Å². The Morgan fingerprint density at radius 3 is 2.30 bits per heavy atom. The fourth-order valence-corrected chi connectivity index (χ4v) is 4.43. The summed E-state index contributed by atoms with van der Waals surface area (Å²) in [5, 5.41) is 4.18. The molecule has 10 heteroatoms. The highest BCUT2D eigenvalue weighted by atomic mass is 32.2. The van der Waals surface area contributed by atoms with Crippen molar-refractivity contribution in [1.82, 2.24) is 4.41 Å². The van der Waals surface area contributed by atoms with Crippen molar-refractivity contribution in [3.05, 3.63) is 65.5 Å². The normalized spacial score (nSPS) is 17.7. The quantitative estimate of drug-likeness (QED) is 0.817. The standard InChI is InChI=1S/C17H18FN3O4S2/c1-26(22,23)20-15-10-6-4-8-13(15)16-11-17(21(19-16)27(2,24)25)12-7-3-5-9-14(12)18/h3-10,17,20H,11H2,1-2H3/t17-/m0/s1. The topological polar surface area (TPSA) is 95.9 Å². The van der Waals surface area contributed by atoms with Crippen molar-refractivity contribution < 1.29 is 21.2 Å². The van der Waals surface area contributed by atoms with Crippen molar-refractivity contribution in [2.45, 2.75) is 12.5 Å². The fourth-order valence-electron chi connectivity index (χ4n) is 2.96. The van der Waals surface area contributed by atoms with Gasteiger partial charge in [0.05, 0.1) is 30.0 Å². The summed E-state index contributed by atoms with van der Waals surface area (Å²) in [4.78, 5) is 0. The first-order valence-corrected chi connectivity index (χ1v) is 11.7. The van der Waals surface area contributed by atoms with Crippen LogP contribution in [0.3, 0.4) is 0 Å². The summed E-state index contributed by atoms with van der Waals surface area (Å²) in [5.41, 5.74) is 1.27. The van der Waals surface area contributed by atoms with Crippen molar-refractivity contribution >= 4 is 31.4 Å². The number of nitrogens with one attached hydrogen (secondary N) is 1. The highest BCUT2D eigenvalue weighted by Crippen LogP contribution is 2.37. The molecule has 3 rings (SSSR count). The summed E-state index contributed by atoms with van der Waals surface area (Å²) in [6, 6.07) is 11.6. The van der Waals surface area contributed by atoms with E-state index in [4.69, 9.17) is 0 Å². The van der Waals surface area contributed by atoms with Crippen LogP contribution in [-0.2, 0) is 20.0 Å². The molecule has 0 unspecified atom stereocenters. The molecule has 1 N–H and O–H groups in total. The number of nitrogens with zero attached hydrogens (tertiary/aromatic N) is 2. The SMILES string of the molecule is CS(=O)(=O)Nc1ccccc1C1=NN(S(C)(=O)=O)[C@H](c2ccccc2F)C1. The Morgan fingerprint density at radius 1 is 1.04 bits per heavy atom. The van der Waals surface area contributed by atoms with Crippen LogP contribution < -0.4 is 4.72 Å². The van der Waals surface area contributed by atoms with Crippen LogP contribution in [0, 0.1) is 5.82 Å². The number of sulfonamides is 2. The molecule has 0 saturated carbocycles. The number of rotatable bonds is 5. The second-order valence-electron chi connectivity index (χ2n) is 6.24. The lowest BCUT2D eigenvalue weighted by Crippen LogP contribution is -2.26. The van der Waals surface area contributed by atoms with Crippen molar-refractivity contribution in [2.24, 2.45) is 5.10 Å². The maximum atomic E-state index is 14.3. The molecule has 0 fully saturated rings. The van der Waals surface area contributed by atoms with E-state index in [1.807, 2.05) is 0 Å². The predicted molar refractivity (Wildman–Crippen MR) is 102 cm³/mol. The molecule has 2 aromatic rings. The summed E-state index contributed by atoms with van der Waals surface area (Å²) < 4.78 is 65.2. The van der Waals surface area contributed by atoms with E-state index in [0.29, 0.717) is 11.3 Å². The van der Waals surface area contributed by atoms with E-state index in [-0.39, 0.29) is 17.7 Å². The molecule has 2 aromatic carbocycles. The van der Waals surface area contributed by atoms with Gasteiger partial charge in [0.25, 0.3) is 0 Å². The van der Waals surface area contributed by atoms with Crippen molar-refractivity contribution in [2.75, 3.05) is 17.2 Å². The van der Waals surface area contributed by atoms with Gasteiger partial charge in [-0.3, -0.25) is 4.72 Å². The molecule has 0 spiro atoms. The Balaban J connectivity index is 2.08. The molecule has 1 aliphatic rings. The second kappa shape index (κ2) is 6.93. The molecule has 27 heavy (non-hydrogen) atoms. The van der Waals surface area contributed by atoms with Crippen LogP contribution in [0.4, 0.5) is 10.1 Å². The van der Waals surface area contributed by atoms with E-state index in [1.54, 1.807) is 30.3 Å². The van der Waals surface area contributed by atoms with Gasteiger partial charge >= 0.3 is 0 Å². The second-order valence-corrected chi connectivity index (χ2v) is 9.83. The highest BCUT2D eigenvalue weighted by Gasteiger charge is 2.36. The number of hydrogen-bond acceptors (Lipinski definition) is 5. The van der Waals surface area contributed by atoms with E-state index in [9.17, 15) is 21.2 Å². The Kier molecular flexibility index (Phi) is 4.96. The van der Waals surface area contributed by atoms with Gasteiger partial charge in [0, 0.05) is 17.5 Å². The summed E-state index contributed by atoms with van der Waals surface area (Å²) in [6.07, 6.45) is 2.12. The first kappa shape index (κ1) is 19.3. The van der Waals surface area contributed by atoms with E-state index in [0.717, 1.165) is 16.9 Å². The van der Waals surface area contributed by atoms with Gasteiger partial charge in [0.2, 0.25) is 20.0 Å². The molecule has 0 aliphatic carbocycles. The molecule has 1 aliphatic heterocycles. The Bertz CT molecular complexity index is 1110. The van der Waals surface area contributed by atoms with Gasteiger partial charge in [-0.1, -0.05) is 36.4 Å². The number of hydrazone groups is 1. The number of benzene rings is 2. The molecule has 1 atom stereocenters. The van der Waals surface area contributed by atoms with Crippen LogP contribution in [0.2, 0.25) is 0 Å². The van der Waals surface area contributed by atoms with Gasteiger partial charge in [0.1, 0.15) is 5.82 Å². The maximum absolute atomic E-state index is 14.3. The third-order valence-corrected chi connectivity index (χ3v) is 5.62. The van der Waals surface area contributed by atoms with Crippen LogP contribution in [-0.4, -0.2) is 39.5 Å². The van der Waals surface area contributed by atoms with Crippen molar-refractivity contribution in [3.8, 4) is 0 Å². The molecule has 144 valence electrons. The van der Waals surface area contributed by atoms with Crippen LogP contribution in [0.15, 0.2) is 53.6 Å². The smallest absolute Gasteiger partial charge is 0.247 e. The largest absolute Gasteiger partial charge is 0.283 e. The zero-order chi connectivity index (χ0) is 19.8. The van der Waals surface area contributed by atoms with E-state index < -0.39 is 31.9 Å². The maximum Gasteiger partial charge on any atom is 0.247 e. The van der Waals surface area contributed by atoms with Gasteiger partial charge in [-0.2, -0.15) is 9.52 Å². The molecule has 0 amide bonds. The predicted octanol–water partition coefficient (Wildman–Crippen LogP) is 2.31. The summed E-state index contributed by atoms with van der Waals surface area (Å²) in [6.45, 7) is 0. The van der Waals surface area contributed by atoms with Gasteiger partial charge < -0.3 is 0 Å². The molecule has 7 nitrogen and oxygen atoms in total. The van der Waals surface area contributed by atoms with Gasteiger partial charge in [-0.05, 0) is 12.1 Å². The molecule has 0 saturated heterocycles. The molecule has 0 bridgehead atoms. The van der Waals surface area contributed by atoms with Crippen LogP contribution in [0.5, 0.6) is 0 Å². The third-order valence-electron chi connectivity index (χ3n) is 4.01. The van der Waals surface area contributed by atoms with Crippen molar-refractivity contribution in [1.29, 1.82) is 0 Å². The van der Waals surface area contributed by atoms with Crippen LogP contribution >= 0.6 is 0 Å². The lowest BCUT2D eigenvalue weighted by Gasteiger charge is -2.21. The first-order chi connectivity index (χ1) is 12.6. The zero-order valence-corrected chi connectivity index (χ0v) is 16.3. The van der Waals surface area contributed by atoms with E-state index in [1.165, 1.54) is 18.2 Å². The highest BCUT2D eigenvalue weighted by molar-refractivity contribution is 7.92. The van der Waals surface area contributed by atoms with Crippen LogP contribution in [0.1, 0.15) is 23.6 Å². The number of anilines is 1. The van der Waals surface area contributed by atoms with Gasteiger partial charge in [-0.25, -0.2) is 21.2 Å². The Morgan fingerprint density at radius 2 is 1.67 bits per heavy atom. The van der Waals surface area contributed by atoms with Crippen LogP contribution in [0.25, 0.3) is 0 Å². The van der Waals surface area contributed by atoms with E-state index >= 15 is 0 Å². The van der Waals surface area contributed by atoms with E-state index in [2.05, 4.69) is 9.82 Å². The third kappa shape index (κ3) is 4.28. The number of para-hydroxylation sites is 1. The lowest BCUT2D eigenvalue weighted by atomic mass is 9.98.